The number of ketones is 1. The summed E-state index contributed by atoms with van der Waals surface area (Å²) in [5, 5.41) is 10.7. The Balaban J connectivity index is 1.41. The minimum absolute atomic E-state index is 0.172. The monoisotopic (exact) mass is 430 g/mol. The number of carbonyl (C=O) groups is 1. The van der Waals surface area contributed by atoms with Crippen LogP contribution in [0.15, 0.2) is 11.6 Å². The fourth-order valence-electron chi connectivity index (χ4n) is 8.99. The zero-order chi connectivity index (χ0) is 21.9. The van der Waals surface area contributed by atoms with Crippen molar-refractivity contribution in [1.29, 1.82) is 0 Å². The number of hydrogen-bond donors (Lipinski definition) is 1. The summed E-state index contributed by atoms with van der Waals surface area (Å²) in [5.41, 5.74) is 1.29. The van der Waals surface area contributed by atoms with E-state index in [0.717, 1.165) is 32.1 Å². The topological polar surface area (TPSA) is 55.8 Å². The van der Waals surface area contributed by atoms with E-state index in [2.05, 4.69) is 13.8 Å². The number of methoxy groups -OCH3 is 1. The Morgan fingerprint density at radius 2 is 1.84 bits per heavy atom. The van der Waals surface area contributed by atoms with Crippen LogP contribution in [0.4, 0.5) is 0 Å². The van der Waals surface area contributed by atoms with E-state index in [9.17, 15) is 9.90 Å². The minimum atomic E-state index is -0.370. The van der Waals surface area contributed by atoms with Gasteiger partial charge in [-0.05, 0) is 86.5 Å². The van der Waals surface area contributed by atoms with Crippen LogP contribution in [0.3, 0.4) is 0 Å². The standard InChI is InChI=1S/C27H42O4/c1-18-15-20(29)16-19-7-8-21-22-9-10-24(31-26(30-3)12-5-4-6-13-26)25(22,2)14-11-23(21)27(18,19)17-28/h16,18,21-24,28H,4-15,17H2,1-3H3/t18-,21+,22+,23+,24+,25+,27+/m1/s1. The molecule has 5 rings (SSSR count). The van der Waals surface area contributed by atoms with Crippen molar-refractivity contribution in [3.8, 4) is 0 Å². The van der Waals surface area contributed by atoms with Crippen molar-refractivity contribution < 1.29 is 19.4 Å². The Hall–Kier alpha value is -0.710. The molecule has 4 nitrogen and oxygen atoms in total. The highest BCUT2D eigenvalue weighted by molar-refractivity contribution is 5.92. The van der Waals surface area contributed by atoms with Crippen LogP contribution >= 0.6 is 0 Å². The van der Waals surface area contributed by atoms with Crippen molar-refractivity contribution >= 4 is 5.78 Å². The maximum Gasteiger partial charge on any atom is 0.168 e. The SMILES string of the molecule is COC1(O[C@H]2CC[C@H]3[C@@H]4CCC5=CC(=O)C[C@@H](C)[C@]5(CO)[C@H]4CC[C@]23C)CCCCC1. The molecule has 0 aromatic heterocycles. The van der Waals surface area contributed by atoms with Gasteiger partial charge in [0.25, 0.3) is 0 Å². The van der Waals surface area contributed by atoms with Crippen molar-refractivity contribution in [2.24, 2.45) is 34.5 Å². The summed E-state index contributed by atoms with van der Waals surface area (Å²) in [6.45, 7) is 4.90. The number of aliphatic hydroxyl groups excluding tert-OH is 1. The first-order valence-electron chi connectivity index (χ1n) is 13.0. The van der Waals surface area contributed by atoms with E-state index >= 15 is 0 Å². The van der Waals surface area contributed by atoms with Crippen LogP contribution in [0.25, 0.3) is 0 Å². The van der Waals surface area contributed by atoms with Gasteiger partial charge in [0.05, 0.1) is 12.7 Å². The molecule has 4 fully saturated rings. The molecule has 0 aromatic carbocycles. The molecular formula is C27H42O4. The van der Waals surface area contributed by atoms with E-state index in [1.165, 1.54) is 44.1 Å². The molecular weight excluding hydrogens is 388 g/mol. The summed E-state index contributed by atoms with van der Waals surface area (Å²) in [6.07, 6.45) is 15.4. The van der Waals surface area contributed by atoms with Gasteiger partial charge in [0, 0.05) is 31.8 Å². The van der Waals surface area contributed by atoms with Crippen LogP contribution in [0.2, 0.25) is 0 Å². The highest BCUT2D eigenvalue weighted by Gasteiger charge is 2.62. The van der Waals surface area contributed by atoms with Gasteiger partial charge >= 0.3 is 0 Å². The van der Waals surface area contributed by atoms with Crippen molar-refractivity contribution in [2.75, 3.05) is 13.7 Å². The van der Waals surface area contributed by atoms with Crippen LogP contribution < -0.4 is 0 Å². The van der Waals surface area contributed by atoms with Gasteiger partial charge in [-0.1, -0.05) is 25.8 Å². The second kappa shape index (κ2) is 7.95. The van der Waals surface area contributed by atoms with Gasteiger partial charge < -0.3 is 14.6 Å². The van der Waals surface area contributed by atoms with Crippen molar-refractivity contribution in [3.05, 3.63) is 11.6 Å². The number of rotatable bonds is 4. The Morgan fingerprint density at radius 3 is 2.55 bits per heavy atom. The first kappa shape index (κ1) is 22.1. The third-order valence-corrected chi connectivity index (χ3v) is 10.7. The largest absolute Gasteiger partial charge is 0.395 e. The van der Waals surface area contributed by atoms with Gasteiger partial charge in [-0.3, -0.25) is 4.79 Å². The average Bonchev–Trinajstić information content (AvgIpc) is 3.10. The zero-order valence-electron chi connectivity index (χ0n) is 19.8. The molecule has 4 saturated carbocycles. The fraction of sp³-hybridized carbons (Fsp3) is 0.889. The second-order valence-corrected chi connectivity index (χ2v) is 11.8. The minimum Gasteiger partial charge on any atom is -0.395 e. The molecule has 7 atom stereocenters. The molecule has 0 aliphatic heterocycles. The summed E-state index contributed by atoms with van der Waals surface area (Å²) in [7, 11) is 1.84. The molecule has 31 heavy (non-hydrogen) atoms. The maximum absolute atomic E-state index is 12.3. The average molecular weight is 431 g/mol. The highest BCUT2D eigenvalue weighted by atomic mass is 16.7. The summed E-state index contributed by atoms with van der Waals surface area (Å²) < 4.78 is 12.9. The lowest BCUT2D eigenvalue weighted by Gasteiger charge is -2.60. The predicted octanol–water partition coefficient (Wildman–Crippen LogP) is 5.43. The van der Waals surface area contributed by atoms with E-state index in [1.807, 2.05) is 13.2 Å². The molecule has 0 unspecified atom stereocenters. The van der Waals surface area contributed by atoms with Crippen LogP contribution in [0, 0.1) is 34.5 Å². The van der Waals surface area contributed by atoms with Crippen LogP contribution in [-0.4, -0.2) is 36.5 Å². The highest BCUT2D eigenvalue weighted by Crippen LogP contribution is 2.67. The van der Waals surface area contributed by atoms with Gasteiger partial charge in [0.15, 0.2) is 11.6 Å². The quantitative estimate of drug-likeness (QED) is 0.604. The molecule has 0 amide bonds. The van der Waals surface area contributed by atoms with E-state index in [4.69, 9.17) is 9.47 Å². The lowest BCUT2D eigenvalue weighted by Crippen LogP contribution is -2.56. The summed E-state index contributed by atoms with van der Waals surface area (Å²) in [6, 6.07) is 0. The Kier molecular flexibility index (Phi) is 5.67. The third-order valence-electron chi connectivity index (χ3n) is 10.7. The van der Waals surface area contributed by atoms with Gasteiger partial charge in [-0.25, -0.2) is 0 Å². The van der Waals surface area contributed by atoms with E-state index in [-0.39, 0.29) is 41.0 Å². The van der Waals surface area contributed by atoms with Crippen molar-refractivity contribution in [3.63, 3.8) is 0 Å². The third kappa shape index (κ3) is 3.22. The normalized spacial score (nSPS) is 46.6. The lowest BCUT2D eigenvalue weighted by atomic mass is 9.45. The maximum atomic E-state index is 12.3. The first-order chi connectivity index (χ1) is 14.9. The Labute approximate surface area is 188 Å². The van der Waals surface area contributed by atoms with E-state index < -0.39 is 0 Å². The molecule has 174 valence electrons. The molecule has 0 saturated heterocycles. The molecule has 5 aliphatic rings. The molecule has 0 radical (unpaired) electrons. The summed E-state index contributed by atoms with van der Waals surface area (Å²) in [5.74, 6) is 1.93. The number of carbonyl (C=O) groups excluding carboxylic acids is 1. The lowest BCUT2D eigenvalue weighted by molar-refractivity contribution is -0.280. The second-order valence-electron chi connectivity index (χ2n) is 11.8. The number of fused-ring (bicyclic) bond motifs is 5. The zero-order valence-corrected chi connectivity index (χ0v) is 19.8. The summed E-state index contributed by atoms with van der Waals surface area (Å²) >= 11 is 0. The molecule has 4 heteroatoms. The van der Waals surface area contributed by atoms with Crippen molar-refractivity contribution in [1.82, 2.24) is 0 Å². The van der Waals surface area contributed by atoms with Gasteiger partial charge in [-0.2, -0.15) is 0 Å². The predicted molar refractivity (Wildman–Crippen MR) is 120 cm³/mol. The Morgan fingerprint density at radius 1 is 1.06 bits per heavy atom. The smallest absolute Gasteiger partial charge is 0.168 e. The number of ether oxygens (including phenoxy) is 2. The number of hydrogen-bond acceptors (Lipinski definition) is 4. The van der Waals surface area contributed by atoms with Crippen molar-refractivity contribution in [2.45, 2.75) is 103 Å². The van der Waals surface area contributed by atoms with Crippen LogP contribution in [0.5, 0.6) is 0 Å². The fourth-order valence-corrected chi connectivity index (χ4v) is 8.99. The first-order valence-corrected chi connectivity index (χ1v) is 13.0. The molecule has 0 bridgehead atoms. The number of aliphatic hydroxyl groups is 1. The van der Waals surface area contributed by atoms with Crippen LogP contribution in [0.1, 0.15) is 90.9 Å². The molecule has 0 aromatic rings. The van der Waals surface area contributed by atoms with Gasteiger partial charge in [0.2, 0.25) is 0 Å². The summed E-state index contributed by atoms with van der Waals surface area (Å²) in [4.78, 5) is 12.3. The molecule has 0 spiro atoms. The molecule has 5 aliphatic carbocycles. The van der Waals surface area contributed by atoms with Gasteiger partial charge in [0.1, 0.15) is 0 Å². The van der Waals surface area contributed by atoms with E-state index in [0.29, 0.717) is 24.2 Å². The van der Waals surface area contributed by atoms with Crippen LogP contribution in [-0.2, 0) is 14.3 Å². The Bertz CT molecular complexity index is 738. The molecule has 0 heterocycles. The van der Waals surface area contributed by atoms with Gasteiger partial charge in [-0.15, -0.1) is 0 Å². The molecule has 1 N–H and O–H groups in total. The van der Waals surface area contributed by atoms with E-state index in [1.54, 1.807) is 0 Å².